The number of benzene rings is 2. The number of halogens is 3. The van der Waals surface area contributed by atoms with Gasteiger partial charge in [-0.25, -0.2) is 17.2 Å². The zero-order valence-electron chi connectivity index (χ0n) is 11.1. The lowest BCUT2D eigenvalue weighted by atomic mass is 10.2. The molecule has 0 N–H and O–H groups in total. The quantitative estimate of drug-likeness (QED) is 0.819. The van der Waals surface area contributed by atoms with Crippen LogP contribution in [0.2, 0.25) is 0 Å². The molecule has 0 heterocycles. The van der Waals surface area contributed by atoms with Gasteiger partial charge in [0.1, 0.15) is 11.6 Å². The number of rotatable bonds is 4. The van der Waals surface area contributed by atoms with Gasteiger partial charge in [-0.3, -0.25) is 0 Å². The zero-order chi connectivity index (χ0) is 15.6. The van der Waals surface area contributed by atoms with Crippen LogP contribution in [-0.2, 0) is 16.6 Å². The second-order valence-corrected chi connectivity index (χ2v) is 7.34. The van der Waals surface area contributed by atoms with Gasteiger partial charge in [-0.2, -0.15) is 4.31 Å². The first-order valence-electron chi connectivity index (χ1n) is 5.97. The van der Waals surface area contributed by atoms with Crippen LogP contribution in [0.25, 0.3) is 0 Å². The topological polar surface area (TPSA) is 37.4 Å². The van der Waals surface area contributed by atoms with E-state index in [4.69, 9.17) is 0 Å². The van der Waals surface area contributed by atoms with Crippen LogP contribution in [0, 0.1) is 11.6 Å². The predicted octanol–water partition coefficient (Wildman–Crippen LogP) is 3.55. The van der Waals surface area contributed by atoms with Crippen LogP contribution in [-0.4, -0.2) is 19.8 Å². The fourth-order valence-corrected chi connectivity index (χ4v) is 3.34. The van der Waals surface area contributed by atoms with Gasteiger partial charge in [-0.1, -0.05) is 34.1 Å². The van der Waals surface area contributed by atoms with Gasteiger partial charge in [0, 0.05) is 18.1 Å². The number of hydrogen-bond acceptors (Lipinski definition) is 2. The lowest BCUT2D eigenvalue weighted by molar-refractivity contribution is 0.448. The summed E-state index contributed by atoms with van der Waals surface area (Å²) in [5, 5.41) is 0. The maximum Gasteiger partial charge on any atom is 0.248 e. The minimum Gasteiger partial charge on any atom is -0.207 e. The molecule has 0 bridgehead atoms. The third-order valence-corrected chi connectivity index (χ3v) is 5.29. The molecule has 0 amide bonds. The Morgan fingerprint density at radius 2 is 1.57 bits per heavy atom. The summed E-state index contributed by atoms with van der Waals surface area (Å²) < 4.78 is 53.6. The second kappa shape index (κ2) is 6.21. The molecule has 0 saturated heterocycles. The Hall–Kier alpha value is -1.31. The standard InChI is InChI=1S/C14H12BrF2NO2S/c1-18(9-10-5-7-11(15)8-6-10)21(19,20)14-12(16)3-2-4-13(14)17/h2-8H,9H2,1H3. The van der Waals surface area contributed by atoms with Crippen LogP contribution in [0.4, 0.5) is 8.78 Å². The molecule has 0 unspecified atom stereocenters. The number of nitrogens with zero attached hydrogens (tertiary/aromatic N) is 1. The third kappa shape index (κ3) is 3.48. The van der Waals surface area contributed by atoms with E-state index in [1.165, 1.54) is 7.05 Å². The molecule has 0 aliphatic rings. The van der Waals surface area contributed by atoms with Gasteiger partial charge in [0.25, 0.3) is 0 Å². The molecule has 0 aromatic heterocycles. The maximum atomic E-state index is 13.6. The summed E-state index contributed by atoms with van der Waals surface area (Å²) in [6.45, 7) is 0.0172. The van der Waals surface area contributed by atoms with Crippen LogP contribution in [0.1, 0.15) is 5.56 Å². The van der Waals surface area contributed by atoms with E-state index in [2.05, 4.69) is 15.9 Å². The summed E-state index contributed by atoms with van der Waals surface area (Å²) >= 11 is 3.28. The lowest BCUT2D eigenvalue weighted by Gasteiger charge is -2.18. The Morgan fingerprint density at radius 3 is 2.10 bits per heavy atom. The van der Waals surface area contributed by atoms with E-state index in [-0.39, 0.29) is 6.54 Å². The van der Waals surface area contributed by atoms with Gasteiger partial charge in [-0.05, 0) is 29.8 Å². The van der Waals surface area contributed by atoms with Crippen molar-refractivity contribution in [1.29, 1.82) is 0 Å². The Balaban J connectivity index is 2.33. The molecule has 2 rings (SSSR count). The predicted molar refractivity (Wildman–Crippen MR) is 79.2 cm³/mol. The van der Waals surface area contributed by atoms with Crippen LogP contribution in [0.5, 0.6) is 0 Å². The highest BCUT2D eigenvalue weighted by Gasteiger charge is 2.28. The molecule has 3 nitrogen and oxygen atoms in total. The van der Waals surface area contributed by atoms with Crippen LogP contribution in [0.3, 0.4) is 0 Å². The molecule has 0 aliphatic heterocycles. The van der Waals surface area contributed by atoms with Crippen LogP contribution in [0.15, 0.2) is 51.8 Å². The van der Waals surface area contributed by atoms with Gasteiger partial charge < -0.3 is 0 Å². The summed E-state index contributed by atoms with van der Waals surface area (Å²) in [5.74, 6) is -2.20. The van der Waals surface area contributed by atoms with Crippen molar-refractivity contribution in [3.05, 3.63) is 64.1 Å². The summed E-state index contributed by atoms with van der Waals surface area (Å²) in [4.78, 5) is -0.926. The molecule has 0 saturated carbocycles. The zero-order valence-corrected chi connectivity index (χ0v) is 13.5. The fourth-order valence-electron chi connectivity index (χ4n) is 1.82. The Morgan fingerprint density at radius 1 is 1.05 bits per heavy atom. The SMILES string of the molecule is CN(Cc1ccc(Br)cc1)S(=O)(=O)c1c(F)cccc1F. The lowest BCUT2D eigenvalue weighted by Crippen LogP contribution is -2.28. The van der Waals surface area contributed by atoms with Crippen molar-refractivity contribution < 1.29 is 17.2 Å². The Bertz CT molecular complexity index is 728. The van der Waals surface area contributed by atoms with E-state index in [9.17, 15) is 17.2 Å². The number of hydrogen-bond donors (Lipinski definition) is 0. The van der Waals surface area contributed by atoms with Crippen LogP contribution >= 0.6 is 15.9 Å². The number of sulfonamides is 1. The highest BCUT2D eigenvalue weighted by atomic mass is 79.9. The van der Waals surface area contributed by atoms with Gasteiger partial charge in [-0.15, -0.1) is 0 Å². The summed E-state index contributed by atoms with van der Waals surface area (Å²) in [6, 6.07) is 9.95. The van der Waals surface area contributed by atoms with Crippen molar-refractivity contribution in [3.63, 3.8) is 0 Å². The van der Waals surface area contributed by atoms with Crippen molar-refractivity contribution in [3.8, 4) is 0 Å². The molecule has 0 aliphatic carbocycles. The van der Waals surface area contributed by atoms with Gasteiger partial charge in [0.15, 0.2) is 4.90 Å². The normalized spacial score (nSPS) is 11.9. The van der Waals surface area contributed by atoms with E-state index in [0.29, 0.717) is 5.56 Å². The molecule has 21 heavy (non-hydrogen) atoms. The van der Waals surface area contributed by atoms with Crippen molar-refractivity contribution in [1.82, 2.24) is 4.31 Å². The molecule has 7 heteroatoms. The second-order valence-electron chi connectivity index (χ2n) is 4.44. The highest BCUT2D eigenvalue weighted by Crippen LogP contribution is 2.23. The molecule has 0 spiro atoms. The Labute approximate surface area is 130 Å². The van der Waals surface area contributed by atoms with E-state index in [0.717, 1.165) is 27.0 Å². The largest absolute Gasteiger partial charge is 0.248 e. The average Bonchev–Trinajstić information content (AvgIpc) is 2.40. The first-order chi connectivity index (χ1) is 9.82. The summed E-state index contributed by atoms with van der Waals surface area (Å²) in [6.07, 6.45) is 0. The van der Waals surface area contributed by atoms with Crippen molar-refractivity contribution in [2.45, 2.75) is 11.4 Å². The molecule has 0 fully saturated rings. The van der Waals surface area contributed by atoms with Gasteiger partial charge in [0.2, 0.25) is 10.0 Å². The molecule has 112 valence electrons. The minimum atomic E-state index is -4.24. The smallest absolute Gasteiger partial charge is 0.207 e. The molecular formula is C14H12BrF2NO2S. The third-order valence-electron chi connectivity index (χ3n) is 2.91. The van der Waals surface area contributed by atoms with Crippen molar-refractivity contribution in [2.24, 2.45) is 0 Å². The first kappa shape index (κ1) is 16.1. The fraction of sp³-hybridized carbons (Fsp3) is 0.143. The summed E-state index contributed by atoms with van der Waals surface area (Å²) in [7, 11) is -2.96. The van der Waals surface area contributed by atoms with E-state index in [1.54, 1.807) is 24.3 Å². The maximum absolute atomic E-state index is 13.6. The van der Waals surface area contributed by atoms with E-state index in [1.807, 2.05) is 0 Å². The molecule has 0 atom stereocenters. The minimum absolute atomic E-state index is 0.0172. The average molecular weight is 376 g/mol. The molecule has 2 aromatic carbocycles. The molecule has 2 aromatic rings. The summed E-state index contributed by atoms with van der Waals surface area (Å²) in [5.41, 5.74) is 0.709. The van der Waals surface area contributed by atoms with Crippen molar-refractivity contribution in [2.75, 3.05) is 7.05 Å². The van der Waals surface area contributed by atoms with E-state index < -0.39 is 26.6 Å². The van der Waals surface area contributed by atoms with E-state index >= 15 is 0 Å². The van der Waals surface area contributed by atoms with Gasteiger partial charge >= 0.3 is 0 Å². The van der Waals surface area contributed by atoms with Gasteiger partial charge in [0.05, 0.1) is 0 Å². The Kier molecular flexibility index (Phi) is 4.75. The monoisotopic (exact) mass is 375 g/mol. The first-order valence-corrected chi connectivity index (χ1v) is 8.20. The van der Waals surface area contributed by atoms with Crippen molar-refractivity contribution >= 4 is 26.0 Å². The van der Waals surface area contributed by atoms with Crippen LogP contribution < -0.4 is 0 Å². The molecule has 0 radical (unpaired) electrons. The molecular weight excluding hydrogens is 364 g/mol. The highest BCUT2D eigenvalue weighted by molar-refractivity contribution is 9.10.